The molecule has 2 N–H and O–H groups in total. The maximum absolute atomic E-state index is 9.34. The van der Waals surface area contributed by atoms with Crippen molar-refractivity contribution in [1.82, 2.24) is 4.98 Å². The Morgan fingerprint density at radius 1 is 1.40 bits per heavy atom. The predicted molar refractivity (Wildman–Crippen MR) is 79.7 cm³/mol. The molecule has 100 valence electrons. The molecule has 1 aliphatic rings. The lowest BCUT2D eigenvalue weighted by Gasteiger charge is -2.36. The maximum atomic E-state index is 9.34. The van der Waals surface area contributed by atoms with Gasteiger partial charge in [0.15, 0.2) is 5.82 Å². The van der Waals surface area contributed by atoms with Gasteiger partial charge in [-0.25, -0.2) is 4.98 Å². The van der Waals surface area contributed by atoms with E-state index in [9.17, 15) is 5.26 Å². The molecule has 0 bridgehead atoms. The van der Waals surface area contributed by atoms with Gasteiger partial charge >= 0.3 is 0 Å². The van der Waals surface area contributed by atoms with Crippen LogP contribution in [-0.2, 0) is 6.42 Å². The number of nitrogens with two attached hydrogens (primary N) is 1. The van der Waals surface area contributed by atoms with E-state index in [1.807, 2.05) is 6.07 Å². The molecule has 20 heavy (non-hydrogen) atoms. The van der Waals surface area contributed by atoms with Crippen LogP contribution in [0.3, 0.4) is 0 Å². The Bertz CT molecular complexity index is 687. The number of aromatic nitrogens is 1. The average Bonchev–Trinajstić information content (AvgIpc) is 2.48. The highest BCUT2D eigenvalue weighted by Gasteiger charge is 2.26. The van der Waals surface area contributed by atoms with Gasteiger partial charge in [0.05, 0.1) is 17.4 Å². The second-order valence-electron chi connectivity index (χ2n) is 5.14. The zero-order valence-electron chi connectivity index (χ0n) is 11.4. The van der Waals surface area contributed by atoms with Gasteiger partial charge in [0.25, 0.3) is 0 Å². The molecule has 0 saturated heterocycles. The Labute approximate surface area is 118 Å². The summed E-state index contributed by atoms with van der Waals surface area (Å²) in [6.45, 7) is 2.16. The predicted octanol–water partition coefficient (Wildman–Crippen LogP) is 3.01. The third-order valence-corrected chi connectivity index (χ3v) is 3.76. The minimum Gasteiger partial charge on any atom is -0.397 e. The van der Waals surface area contributed by atoms with Crippen molar-refractivity contribution in [3.63, 3.8) is 0 Å². The van der Waals surface area contributed by atoms with E-state index >= 15 is 0 Å². The van der Waals surface area contributed by atoms with Crippen LogP contribution in [-0.4, -0.2) is 11.0 Å². The SMILES string of the molecule is CC1CCc2ccccc2N1c1ncc(N)cc1C#N. The Morgan fingerprint density at radius 3 is 3.00 bits per heavy atom. The van der Waals surface area contributed by atoms with E-state index in [2.05, 4.69) is 41.1 Å². The van der Waals surface area contributed by atoms with E-state index in [4.69, 9.17) is 5.73 Å². The number of anilines is 3. The number of rotatable bonds is 1. The van der Waals surface area contributed by atoms with Crippen molar-refractivity contribution in [2.24, 2.45) is 0 Å². The third-order valence-electron chi connectivity index (χ3n) is 3.76. The number of benzene rings is 1. The molecule has 1 atom stereocenters. The van der Waals surface area contributed by atoms with Crippen LogP contribution < -0.4 is 10.6 Å². The highest BCUT2D eigenvalue weighted by atomic mass is 15.2. The molecule has 4 heteroatoms. The topological polar surface area (TPSA) is 65.9 Å². The smallest absolute Gasteiger partial charge is 0.151 e. The Morgan fingerprint density at radius 2 is 2.20 bits per heavy atom. The summed E-state index contributed by atoms with van der Waals surface area (Å²) in [5, 5.41) is 9.34. The number of para-hydroxylation sites is 1. The van der Waals surface area contributed by atoms with Crippen molar-refractivity contribution in [1.29, 1.82) is 5.26 Å². The van der Waals surface area contributed by atoms with Gasteiger partial charge in [-0.3, -0.25) is 0 Å². The summed E-state index contributed by atoms with van der Waals surface area (Å²) in [7, 11) is 0. The van der Waals surface area contributed by atoms with Crippen LogP contribution >= 0.6 is 0 Å². The molecule has 1 aromatic carbocycles. The van der Waals surface area contributed by atoms with Gasteiger partial charge in [-0.1, -0.05) is 18.2 Å². The number of hydrogen-bond acceptors (Lipinski definition) is 4. The fourth-order valence-corrected chi connectivity index (χ4v) is 2.76. The van der Waals surface area contributed by atoms with E-state index in [1.54, 1.807) is 12.3 Å². The molecule has 0 spiro atoms. The van der Waals surface area contributed by atoms with Crippen LogP contribution in [0.5, 0.6) is 0 Å². The van der Waals surface area contributed by atoms with E-state index in [0.29, 0.717) is 23.1 Å². The summed E-state index contributed by atoms with van der Waals surface area (Å²) in [4.78, 5) is 6.55. The zero-order valence-corrected chi connectivity index (χ0v) is 11.4. The second-order valence-corrected chi connectivity index (χ2v) is 5.14. The summed E-state index contributed by atoms with van der Waals surface area (Å²) >= 11 is 0. The lowest BCUT2D eigenvalue weighted by molar-refractivity contribution is 0.613. The Kier molecular flexibility index (Phi) is 3.03. The first-order valence-electron chi connectivity index (χ1n) is 6.73. The molecule has 3 rings (SSSR count). The molecule has 0 aliphatic carbocycles. The summed E-state index contributed by atoms with van der Waals surface area (Å²) < 4.78 is 0. The van der Waals surface area contributed by atoms with Gasteiger partial charge in [0, 0.05) is 11.7 Å². The molecule has 0 fully saturated rings. The Balaban J connectivity index is 2.17. The molecule has 0 radical (unpaired) electrons. The third kappa shape index (κ3) is 1.97. The minimum absolute atomic E-state index is 0.313. The fourth-order valence-electron chi connectivity index (χ4n) is 2.76. The van der Waals surface area contributed by atoms with Crippen molar-refractivity contribution in [2.45, 2.75) is 25.8 Å². The Hall–Kier alpha value is -2.54. The van der Waals surface area contributed by atoms with Gasteiger partial charge in [-0.2, -0.15) is 5.26 Å². The van der Waals surface area contributed by atoms with Crippen molar-refractivity contribution < 1.29 is 0 Å². The van der Waals surface area contributed by atoms with Crippen LogP contribution in [0.1, 0.15) is 24.5 Å². The standard InChI is InChI=1S/C16H16N4/c1-11-6-7-12-4-2-3-5-15(12)20(11)16-13(9-17)8-14(18)10-19-16/h2-5,8,10-11H,6-7,18H2,1H3. The van der Waals surface area contributed by atoms with Gasteiger partial charge < -0.3 is 10.6 Å². The number of hydrogen-bond donors (Lipinski definition) is 1. The highest BCUT2D eigenvalue weighted by molar-refractivity contribution is 5.71. The van der Waals surface area contributed by atoms with Crippen molar-refractivity contribution >= 4 is 17.2 Å². The number of pyridine rings is 1. The zero-order chi connectivity index (χ0) is 14.1. The van der Waals surface area contributed by atoms with E-state index in [0.717, 1.165) is 18.5 Å². The molecule has 2 aromatic rings. The second kappa shape index (κ2) is 4.86. The van der Waals surface area contributed by atoms with Crippen molar-refractivity contribution in [3.05, 3.63) is 47.7 Å². The van der Waals surface area contributed by atoms with E-state index in [-0.39, 0.29) is 0 Å². The minimum atomic E-state index is 0.313. The van der Waals surface area contributed by atoms with Gasteiger partial charge in [0.1, 0.15) is 6.07 Å². The summed E-state index contributed by atoms with van der Waals surface area (Å²) in [6.07, 6.45) is 3.72. The first-order chi connectivity index (χ1) is 9.70. The molecule has 4 nitrogen and oxygen atoms in total. The maximum Gasteiger partial charge on any atom is 0.151 e. The van der Waals surface area contributed by atoms with Gasteiger partial charge in [-0.15, -0.1) is 0 Å². The van der Waals surface area contributed by atoms with Crippen LogP contribution in [0.2, 0.25) is 0 Å². The molecule has 1 unspecified atom stereocenters. The van der Waals surface area contributed by atoms with Gasteiger partial charge in [0.2, 0.25) is 0 Å². The lowest BCUT2D eigenvalue weighted by Crippen LogP contribution is -2.34. The van der Waals surface area contributed by atoms with Crippen LogP contribution in [0.15, 0.2) is 36.5 Å². The largest absolute Gasteiger partial charge is 0.397 e. The summed E-state index contributed by atoms with van der Waals surface area (Å²) in [5.41, 5.74) is 9.21. The highest BCUT2D eigenvalue weighted by Crippen LogP contribution is 2.37. The molecular weight excluding hydrogens is 248 g/mol. The molecule has 1 aliphatic heterocycles. The van der Waals surface area contributed by atoms with E-state index in [1.165, 1.54) is 5.56 Å². The average molecular weight is 264 g/mol. The number of nitrogen functional groups attached to an aromatic ring is 1. The molecule has 2 heterocycles. The quantitative estimate of drug-likeness (QED) is 0.859. The fraction of sp³-hybridized carbons (Fsp3) is 0.250. The summed E-state index contributed by atoms with van der Waals surface area (Å²) in [5.74, 6) is 0.696. The molecular formula is C16H16N4. The number of fused-ring (bicyclic) bond motifs is 1. The van der Waals surface area contributed by atoms with Gasteiger partial charge in [-0.05, 0) is 37.5 Å². The number of nitriles is 1. The molecule has 0 saturated carbocycles. The van der Waals surface area contributed by atoms with Crippen molar-refractivity contribution in [2.75, 3.05) is 10.6 Å². The number of aryl methyl sites for hydroxylation is 1. The van der Waals surface area contributed by atoms with Crippen molar-refractivity contribution in [3.8, 4) is 6.07 Å². The van der Waals surface area contributed by atoms with Crippen LogP contribution in [0.4, 0.5) is 17.2 Å². The van der Waals surface area contributed by atoms with Crippen LogP contribution in [0.25, 0.3) is 0 Å². The first kappa shape index (κ1) is 12.5. The molecule has 1 aromatic heterocycles. The normalized spacial score (nSPS) is 17.4. The molecule has 0 amide bonds. The van der Waals surface area contributed by atoms with Crippen LogP contribution in [0, 0.1) is 11.3 Å². The number of nitrogens with zero attached hydrogens (tertiary/aromatic N) is 3. The van der Waals surface area contributed by atoms with E-state index < -0.39 is 0 Å². The lowest BCUT2D eigenvalue weighted by atomic mass is 9.96. The summed E-state index contributed by atoms with van der Waals surface area (Å²) in [6, 6.07) is 12.5. The first-order valence-corrected chi connectivity index (χ1v) is 6.73. The monoisotopic (exact) mass is 264 g/mol.